The molecule has 0 saturated carbocycles. The fraction of sp³-hybridized carbons (Fsp3) is 0. The van der Waals surface area contributed by atoms with Crippen LogP contribution in [0.2, 0.25) is 0 Å². The van der Waals surface area contributed by atoms with E-state index in [9.17, 15) is 0 Å². The first kappa shape index (κ1) is 15.7. The van der Waals surface area contributed by atoms with E-state index in [-0.39, 0.29) is 22.5 Å². The molecule has 5 nitrogen and oxygen atoms in total. The zero-order valence-electron chi connectivity index (χ0n) is 3.00. The van der Waals surface area contributed by atoms with Gasteiger partial charge in [0.15, 0.2) is 0 Å². The van der Waals surface area contributed by atoms with Crippen LogP contribution in [0.4, 0.5) is 0 Å². The van der Waals surface area contributed by atoms with Crippen LogP contribution in [0, 0.1) is 0 Å². The molecule has 51 valence electrons. The van der Waals surface area contributed by atoms with Crippen LogP contribution < -0.4 is 0 Å². The van der Waals surface area contributed by atoms with Crippen LogP contribution in [0.1, 0.15) is 0 Å². The fourth-order valence-electron chi connectivity index (χ4n) is 0. The van der Waals surface area contributed by atoms with E-state index in [4.69, 9.17) is 13.2 Å². The van der Waals surface area contributed by atoms with Crippen molar-refractivity contribution in [1.29, 1.82) is 0 Å². The summed E-state index contributed by atoms with van der Waals surface area (Å²) in [6.07, 6.45) is 0. The third-order valence-corrected chi connectivity index (χ3v) is 0. The number of hydrogen-bond donors (Lipinski definition) is 3. The van der Waals surface area contributed by atoms with Gasteiger partial charge < -0.3 is 5.48 Å². The standard InChI is InChI=1S/Cu.4H2O.O.Sb/h;4*1H2;;/q;;;;;;+3/p-3. The van der Waals surface area contributed by atoms with Gasteiger partial charge in [-0.15, -0.1) is 0 Å². The Kier molecular flexibility index (Phi) is 11.5. The van der Waals surface area contributed by atoms with Gasteiger partial charge in [0.1, 0.15) is 0 Å². The van der Waals surface area contributed by atoms with Crippen molar-refractivity contribution in [3.63, 3.8) is 0 Å². The van der Waals surface area contributed by atoms with Crippen LogP contribution in [-0.4, -0.2) is 35.7 Å². The summed E-state index contributed by atoms with van der Waals surface area (Å²) in [5.41, 5.74) is 0. The van der Waals surface area contributed by atoms with Gasteiger partial charge in [0, 0.05) is 17.1 Å². The van der Waals surface area contributed by atoms with Crippen molar-refractivity contribution >= 4 is 20.1 Å². The van der Waals surface area contributed by atoms with Crippen molar-refractivity contribution in [1.82, 2.24) is 0 Å². The van der Waals surface area contributed by atoms with Crippen molar-refractivity contribution < 1.29 is 35.7 Å². The molecule has 0 aromatic heterocycles. The summed E-state index contributed by atoms with van der Waals surface area (Å²) < 4.78 is 30.8. The van der Waals surface area contributed by atoms with Crippen molar-refractivity contribution in [2.75, 3.05) is 0 Å². The zero-order chi connectivity index (χ0) is 4.50. The summed E-state index contributed by atoms with van der Waals surface area (Å²) in [4.78, 5) is 0. The van der Waals surface area contributed by atoms with Gasteiger partial charge in [0.2, 0.25) is 0 Å². The maximum absolute atomic E-state index is 8.97. The van der Waals surface area contributed by atoms with Crippen LogP contribution in [0.3, 0.4) is 0 Å². The Balaban J connectivity index is -0.0000000800. The summed E-state index contributed by atoms with van der Waals surface area (Å²) in [6.45, 7) is 0. The quantitative estimate of drug-likeness (QED) is 0.408. The molecule has 7 heteroatoms. The Morgan fingerprint density at radius 2 is 1.14 bits per heavy atom. The molecule has 5 N–H and O–H groups in total. The molecule has 1 radical (unpaired) electrons. The Morgan fingerprint density at radius 1 is 1.14 bits per heavy atom. The second kappa shape index (κ2) is 5.12. The van der Waals surface area contributed by atoms with E-state index in [1.54, 1.807) is 0 Å². The van der Waals surface area contributed by atoms with Crippen LogP contribution in [0.5, 0.6) is 0 Å². The Bertz CT molecular complexity index is 54.2. The monoisotopic (exact) mass is 269 g/mol. The normalized spacial score (nSPS) is 8.43. The maximum atomic E-state index is 8.97. The van der Waals surface area contributed by atoms with Gasteiger partial charge >= 0.3 is 33.2 Å². The van der Waals surface area contributed by atoms with Crippen LogP contribution >= 0.6 is 0 Å². The first-order valence-corrected chi connectivity index (χ1v) is 5.25. The van der Waals surface area contributed by atoms with E-state index in [1.807, 2.05) is 0 Å². The molecular weight excluding hydrogens is 265 g/mol. The van der Waals surface area contributed by atoms with Gasteiger partial charge in [-0.3, -0.25) is 0 Å². The first-order chi connectivity index (χ1) is 2.00. The molecule has 0 unspecified atom stereocenters. The molecule has 0 atom stereocenters. The molecular formula is H5CuO5Sb. The van der Waals surface area contributed by atoms with Gasteiger partial charge in [-0.1, -0.05) is 0 Å². The first-order valence-electron chi connectivity index (χ1n) is 0.783. The van der Waals surface area contributed by atoms with Gasteiger partial charge in [0.25, 0.3) is 0 Å². The molecule has 0 amide bonds. The molecule has 0 aromatic rings. The van der Waals surface area contributed by atoms with Crippen LogP contribution in [0.25, 0.3) is 0 Å². The van der Waals surface area contributed by atoms with Crippen molar-refractivity contribution in [3.05, 3.63) is 0 Å². The number of rotatable bonds is 0. The Morgan fingerprint density at radius 3 is 1.14 bits per heavy atom. The van der Waals surface area contributed by atoms with E-state index >= 15 is 0 Å². The van der Waals surface area contributed by atoms with E-state index in [1.165, 1.54) is 0 Å². The molecule has 0 saturated heterocycles. The second-order valence-corrected chi connectivity index (χ2v) is 3.44. The SMILES string of the molecule is O.[Cu].[O]=[Sb]([OH])([OH])[OH]. The molecule has 0 aliphatic rings. The average Bonchev–Trinajstić information content (AvgIpc) is 0.722. The third kappa shape index (κ3) is 181. The third-order valence-electron chi connectivity index (χ3n) is 0. The molecule has 7 heavy (non-hydrogen) atoms. The van der Waals surface area contributed by atoms with Gasteiger partial charge in [-0.2, -0.15) is 0 Å². The van der Waals surface area contributed by atoms with E-state index in [0.717, 1.165) is 0 Å². The topological polar surface area (TPSA) is 109 Å². The fourth-order valence-corrected chi connectivity index (χ4v) is 0. The minimum atomic E-state index is -5.35. The molecule has 0 heterocycles. The summed E-state index contributed by atoms with van der Waals surface area (Å²) in [6, 6.07) is 0. The van der Waals surface area contributed by atoms with Crippen molar-refractivity contribution in [3.8, 4) is 0 Å². The summed E-state index contributed by atoms with van der Waals surface area (Å²) in [5.74, 6) is 0. The van der Waals surface area contributed by atoms with Crippen molar-refractivity contribution in [2.24, 2.45) is 0 Å². The Labute approximate surface area is 55.8 Å². The van der Waals surface area contributed by atoms with Gasteiger partial charge in [-0.25, -0.2) is 0 Å². The molecule has 0 rings (SSSR count). The molecule has 0 bridgehead atoms. The second-order valence-electron chi connectivity index (χ2n) is 0.513. The van der Waals surface area contributed by atoms with Crippen LogP contribution in [0.15, 0.2) is 0 Å². The molecule has 0 aliphatic carbocycles. The van der Waals surface area contributed by atoms with E-state index in [0.29, 0.717) is 0 Å². The molecule has 0 spiro atoms. The minimum absolute atomic E-state index is 0. The van der Waals surface area contributed by atoms with E-state index in [2.05, 4.69) is 0 Å². The van der Waals surface area contributed by atoms with Crippen LogP contribution in [-0.2, 0) is 20.1 Å². The number of hydrogen-bond acceptors (Lipinski definition) is 1. The van der Waals surface area contributed by atoms with Gasteiger partial charge in [0.05, 0.1) is 0 Å². The molecule has 0 aromatic carbocycles. The predicted molar refractivity (Wildman–Crippen MR) is 16.7 cm³/mol. The molecule has 0 aliphatic heterocycles. The van der Waals surface area contributed by atoms with Crippen molar-refractivity contribution in [2.45, 2.75) is 0 Å². The Hall–Kier alpha value is 0.978. The van der Waals surface area contributed by atoms with E-state index < -0.39 is 20.1 Å². The predicted octanol–water partition coefficient (Wildman–Crippen LogP) is -3.00. The summed E-state index contributed by atoms with van der Waals surface area (Å²) >= 11 is -5.35. The summed E-state index contributed by atoms with van der Waals surface area (Å²) in [5, 5.41) is 0. The molecule has 0 fully saturated rings. The zero-order valence-corrected chi connectivity index (χ0v) is 6.49. The summed E-state index contributed by atoms with van der Waals surface area (Å²) in [7, 11) is 0. The van der Waals surface area contributed by atoms with Gasteiger partial charge in [-0.05, 0) is 0 Å². The average molecular weight is 270 g/mol.